The summed E-state index contributed by atoms with van der Waals surface area (Å²) in [5.41, 5.74) is 9.98. The van der Waals surface area contributed by atoms with Gasteiger partial charge in [-0.15, -0.1) is 0 Å². The Balaban J connectivity index is 2.27. The Morgan fingerprint density at radius 1 is 1.42 bits per heavy atom. The van der Waals surface area contributed by atoms with Gasteiger partial charge in [-0.2, -0.15) is 5.26 Å². The number of fused-ring (bicyclic) bond motifs is 1. The summed E-state index contributed by atoms with van der Waals surface area (Å²) in [5, 5.41) is 16.5. The quantitative estimate of drug-likeness (QED) is 0.295. The number of hydrogen-bond donors (Lipinski definition) is 1. The van der Waals surface area contributed by atoms with E-state index in [0.717, 1.165) is 31.2 Å². The van der Waals surface area contributed by atoms with Gasteiger partial charge in [0.05, 0.1) is 6.07 Å². The first-order valence-corrected chi connectivity index (χ1v) is 6.58. The lowest BCUT2D eigenvalue weighted by Gasteiger charge is -2.28. The number of rotatable bonds is 4. The second kappa shape index (κ2) is 6.24. The summed E-state index contributed by atoms with van der Waals surface area (Å²) in [6.07, 6.45) is 3.96. The second-order valence-electron chi connectivity index (χ2n) is 4.76. The molecule has 1 aliphatic carbocycles. The molecule has 0 aliphatic heterocycles. The van der Waals surface area contributed by atoms with Crippen molar-refractivity contribution in [3.05, 3.63) is 45.8 Å². The van der Waals surface area contributed by atoms with Crippen molar-refractivity contribution in [1.82, 2.24) is 5.32 Å². The smallest absolute Gasteiger partial charge is 0.132 e. The summed E-state index contributed by atoms with van der Waals surface area (Å²) in [6.45, 7) is 0.883. The molecular formula is C14H17N5. The SMILES string of the molecule is N#CC1(NCCN=[N+]=[N-])CCCCc2ccccc21. The highest BCUT2D eigenvalue weighted by Gasteiger charge is 2.34. The van der Waals surface area contributed by atoms with Gasteiger partial charge in [0.2, 0.25) is 0 Å². The maximum absolute atomic E-state index is 9.65. The minimum atomic E-state index is -0.641. The van der Waals surface area contributed by atoms with Crippen LogP contribution in [-0.4, -0.2) is 13.1 Å². The number of azide groups is 1. The number of nitriles is 1. The summed E-state index contributed by atoms with van der Waals surface area (Å²) in [7, 11) is 0. The standard InChI is InChI=1S/C14H17N5/c15-11-14(17-9-10-18-19-16)8-4-3-6-12-5-1-2-7-13(12)14/h1-2,5,7,17H,3-4,6,8-10H2. The van der Waals surface area contributed by atoms with Gasteiger partial charge >= 0.3 is 0 Å². The van der Waals surface area contributed by atoms with E-state index in [1.165, 1.54) is 5.56 Å². The third-order valence-electron chi connectivity index (χ3n) is 3.62. The molecule has 0 saturated carbocycles. The zero-order chi connectivity index (χ0) is 13.6. The molecule has 0 saturated heterocycles. The van der Waals surface area contributed by atoms with Crippen LogP contribution in [0.4, 0.5) is 0 Å². The van der Waals surface area contributed by atoms with Crippen LogP contribution in [0.25, 0.3) is 10.4 Å². The molecular weight excluding hydrogens is 238 g/mol. The monoisotopic (exact) mass is 255 g/mol. The summed E-state index contributed by atoms with van der Waals surface area (Å²) in [5.74, 6) is 0. The summed E-state index contributed by atoms with van der Waals surface area (Å²) in [4.78, 5) is 2.73. The van der Waals surface area contributed by atoms with Crippen LogP contribution in [0.3, 0.4) is 0 Å². The van der Waals surface area contributed by atoms with Gasteiger partial charge in [-0.3, -0.25) is 5.32 Å². The predicted octanol–water partition coefficient (Wildman–Crippen LogP) is 3.03. The first kappa shape index (κ1) is 13.4. The number of nitrogens with one attached hydrogen (secondary N) is 1. The average molecular weight is 255 g/mol. The molecule has 19 heavy (non-hydrogen) atoms. The molecule has 0 amide bonds. The highest BCUT2D eigenvalue weighted by atomic mass is 15.1. The van der Waals surface area contributed by atoms with Crippen molar-refractivity contribution < 1.29 is 0 Å². The summed E-state index contributed by atoms with van der Waals surface area (Å²) < 4.78 is 0. The number of benzene rings is 1. The van der Waals surface area contributed by atoms with Gasteiger partial charge in [-0.25, -0.2) is 0 Å². The highest BCUT2D eigenvalue weighted by Crippen LogP contribution is 2.33. The summed E-state index contributed by atoms with van der Waals surface area (Å²) >= 11 is 0. The van der Waals surface area contributed by atoms with Crippen molar-refractivity contribution in [2.45, 2.75) is 31.2 Å². The molecule has 1 aromatic rings. The highest BCUT2D eigenvalue weighted by molar-refractivity contribution is 5.39. The number of nitrogens with zero attached hydrogens (tertiary/aromatic N) is 4. The molecule has 5 heteroatoms. The first-order valence-electron chi connectivity index (χ1n) is 6.58. The van der Waals surface area contributed by atoms with Crippen LogP contribution in [0.15, 0.2) is 29.4 Å². The Hall–Kier alpha value is -2.02. The molecule has 0 heterocycles. The fraction of sp³-hybridized carbons (Fsp3) is 0.500. The van der Waals surface area contributed by atoms with Crippen LogP contribution in [-0.2, 0) is 12.0 Å². The second-order valence-corrected chi connectivity index (χ2v) is 4.76. The Morgan fingerprint density at radius 3 is 3.05 bits per heavy atom. The van der Waals surface area contributed by atoms with Crippen molar-refractivity contribution in [3.8, 4) is 6.07 Å². The molecule has 1 aliphatic rings. The lowest BCUT2D eigenvalue weighted by Crippen LogP contribution is -2.42. The number of hydrogen-bond acceptors (Lipinski definition) is 3. The van der Waals surface area contributed by atoms with Gasteiger partial charge in [-0.1, -0.05) is 29.4 Å². The van der Waals surface area contributed by atoms with Gasteiger partial charge < -0.3 is 0 Å². The van der Waals surface area contributed by atoms with E-state index < -0.39 is 5.54 Å². The van der Waals surface area contributed by atoms with Crippen LogP contribution in [0.1, 0.15) is 30.4 Å². The van der Waals surface area contributed by atoms with Crippen LogP contribution in [0, 0.1) is 11.3 Å². The molecule has 98 valence electrons. The van der Waals surface area contributed by atoms with E-state index >= 15 is 0 Å². The van der Waals surface area contributed by atoms with E-state index in [4.69, 9.17) is 5.53 Å². The van der Waals surface area contributed by atoms with E-state index in [2.05, 4.69) is 27.5 Å². The lowest BCUT2D eigenvalue weighted by atomic mass is 9.85. The molecule has 0 fully saturated rings. The van der Waals surface area contributed by atoms with Gasteiger partial charge in [0, 0.05) is 18.0 Å². The zero-order valence-electron chi connectivity index (χ0n) is 10.8. The first-order chi connectivity index (χ1) is 9.32. The molecule has 0 bridgehead atoms. The number of aryl methyl sites for hydroxylation is 1. The van der Waals surface area contributed by atoms with E-state index in [1.807, 2.05) is 18.2 Å². The fourth-order valence-corrected chi connectivity index (χ4v) is 2.70. The molecule has 0 aromatic heterocycles. The Morgan fingerprint density at radius 2 is 2.26 bits per heavy atom. The van der Waals surface area contributed by atoms with Crippen molar-refractivity contribution in [2.24, 2.45) is 5.11 Å². The van der Waals surface area contributed by atoms with Crippen molar-refractivity contribution in [3.63, 3.8) is 0 Å². The molecule has 1 unspecified atom stereocenters. The molecule has 2 rings (SSSR count). The van der Waals surface area contributed by atoms with E-state index in [1.54, 1.807) is 0 Å². The van der Waals surface area contributed by atoms with Gasteiger partial charge in [0.1, 0.15) is 5.54 Å². The van der Waals surface area contributed by atoms with E-state index in [-0.39, 0.29) is 0 Å². The summed E-state index contributed by atoms with van der Waals surface area (Å²) in [6, 6.07) is 10.6. The largest absolute Gasteiger partial charge is 0.296 e. The Kier molecular flexibility index (Phi) is 4.40. The minimum absolute atomic E-state index is 0.363. The van der Waals surface area contributed by atoms with Gasteiger partial charge in [0.15, 0.2) is 0 Å². The Bertz CT molecular complexity index is 527. The molecule has 0 radical (unpaired) electrons. The minimum Gasteiger partial charge on any atom is -0.296 e. The maximum Gasteiger partial charge on any atom is 0.132 e. The molecule has 1 aromatic carbocycles. The topological polar surface area (TPSA) is 84.6 Å². The average Bonchev–Trinajstić information content (AvgIpc) is 2.64. The van der Waals surface area contributed by atoms with E-state index in [0.29, 0.717) is 13.1 Å². The maximum atomic E-state index is 9.65. The molecule has 5 nitrogen and oxygen atoms in total. The van der Waals surface area contributed by atoms with Crippen LogP contribution in [0.5, 0.6) is 0 Å². The fourth-order valence-electron chi connectivity index (χ4n) is 2.70. The van der Waals surface area contributed by atoms with Crippen molar-refractivity contribution in [2.75, 3.05) is 13.1 Å². The van der Waals surface area contributed by atoms with Crippen molar-refractivity contribution in [1.29, 1.82) is 5.26 Å². The van der Waals surface area contributed by atoms with E-state index in [9.17, 15) is 5.26 Å². The van der Waals surface area contributed by atoms with Gasteiger partial charge in [0.25, 0.3) is 0 Å². The van der Waals surface area contributed by atoms with Gasteiger partial charge in [-0.05, 0) is 42.3 Å². The lowest BCUT2D eigenvalue weighted by molar-refractivity contribution is 0.397. The van der Waals surface area contributed by atoms with Crippen molar-refractivity contribution >= 4 is 0 Å². The third-order valence-corrected chi connectivity index (χ3v) is 3.62. The third kappa shape index (κ3) is 2.87. The van der Waals surface area contributed by atoms with Crippen LogP contribution < -0.4 is 5.32 Å². The normalized spacial score (nSPS) is 21.6. The van der Waals surface area contributed by atoms with Crippen LogP contribution >= 0.6 is 0 Å². The predicted molar refractivity (Wildman–Crippen MR) is 73.3 cm³/mol. The Labute approximate surface area is 112 Å². The molecule has 1 N–H and O–H groups in total. The van der Waals surface area contributed by atoms with Crippen LogP contribution in [0.2, 0.25) is 0 Å². The molecule has 0 spiro atoms. The zero-order valence-corrected chi connectivity index (χ0v) is 10.8. The molecule has 1 atom stereocenters.